The summed E-state index contributed by atoms with van der Waals surface area (Å²) in [5.41, 5.74) is 6.92. The SMILES string of the molecule is CC1c2c(ccc3c2C[C@@H](c2ccc(Cl)cn2)CO3)CCN1Cc1nc2ccc(C(=O)O)cc2n1C[C@@H]1CCO1. The number of pyridine rings is 1. The van der Waals surface area contributed by atoms with Crippen molar-refractivity contribution in [2.24, 2.45) is 0 Å². The van der Waals surface area contributed by atoms with Crippen LogP contribution in [0.5, 0.6) is 5.75 Å². The summed E-state index contributed by atoms with van der Waals surface area (Å²) in [6.45, 7) is 5.90. The van der Waals surface area contributed by atoms with E-state index in [0.29, 0.717) is 24.7 Å². The van der Waals surface area contributed by atoms with Gasteiger partial charge < -0.3 is 19.1 Å². The van der Waals surface area contributed by atoms with E-state index in [1.807, 2.05) is 18.2 Å². The summed E-state index contributed by atoms with van der Waals surface area (Å²) in [5, 5.41) is 10.2. The molecule has 9 heteroatoms. The summed E-state index contributed by atoms with van der Waals surface area (Å²) >= 11 is 6.09. The highest BCUT2D eigenvalue weighted by molar-refractivity contribution is 6.30. The molecule has 0 amide bonds. The molecule has 1 saturated heterocycles. The first-order chi connectivity index (χ1) is 19.4. The van der Waals surface area contributed by atoms with Crippen molar-refractivity contribution < 1.29 is 19.4 Å². The second-order valence-electron chi connectivity index (χ2n) is 11.1. The third-order valence-electron chi connectivity index (χ3n) is 8.70. The van der Waals surface area contributed by atoms with E-state index in [4.69, 9.17) is 26.1 Å². The van der Waals surface area contributed by atoms with Crippen LogP contribution in [0.4, 0.5) is 0 Å². The number of rotatable bonds is 6. The van der Waals surface area contributed by atoms with E-state index < -0.39 is 5.97 Å². The number of benzene rings is 2. The van der Waals surface area contributed by atoms with Crippen molar-refractivity contribution in [1.29, 1.82) is 0 Å². The number of imidazole rings is 1. The lowest BCUT2D eigenvalue weighted by atomic mass is 9.83. The Morgan fingerprint density at radius 2 is 2.08 bits per heavy atom. The fraction of sp³-hybridized carbons (Fsp3) is 0.387. The Bertz CT molecular complexity index is 1600. The summed E-state index contributed by atoms with van der Waals surface area (Å²) in [5.74, 6) is 1.14. The number of carboxylic acid groups (broad SMARTS) is 1. The summed E-state index contributed by atoms with van der Waals surface area (Å²) < 4.78 is 14.2. The molecular formula is C31H31ClN4O4. The lowest BCUT2D eigenvalue weighted by Crippen LogP contribution is -2.37. The van der Waals surface area contributed by atoms with Crippen LogP contribution in [0.15, 0.2) is 48.7 Å². The first kappa shape index (κ1) is 25.5. The minimum absolute atomic E-state index is 0.131. The van der Waals surface area contributed by atoms with Gasteiger partial charge in [0.1, 0.15) is 11.6 Å². The average molecular weight is 559 g/mol. The van der Waals surface area contributed by atoms with E-state index in [9.17, 15) is 9.90 Å². The molecule has 0 spiro atoms. The minimum Gasteiger partial charge on any atom is -0.493 e. The molecule has 3 atom stereocenters. The average Bonchev–Trinajstić information content (AvgIpc) is 3.28. The van der Waals surface area contributed by atoms with Gasteiger partial charge >= 0.3 is 5.97 Å². The number of carbonyl (C=O) groups is 1. The molecule has 0 saturated carbocycles. The highest BCUT2D eigenvalue weighted by Gasteiger charge is 2.33. The van der Waals surface area contributed by atoms with Crippen LogP contribution >= 0.6 is 11.6 Å². The van der Waals surface area contributed by atoms with Crippen LogP contribution in [0.25, 0.3) is 11.0 Å². The third kappa shape index (κ3) is 4.54. The van der Waals surface area contributed by atoms with E-state index in [0.717, 1.165) is 60.7 Å². The maximum Gasteiger partial charge on any atom is 0.335 e. The normalized spacial score (nSPS) is 22.3. The molecule has 5 heterocycles. The van der Waals surface area contributed by atoms with Gasteiger partial charge in [-0.05, 0) is 79.3 Å². The zero-order valence-corrected chi connectivity index (χ0v) is 23.1. The fourth-order valence-electron chi connectivity index (χ4n) is 6.39. The van der Waals surface area contributed by atoms with Crippen molar-refractivity contribution in [1.82, 2.24) is 19.4 Å². The van der Waals surface area contributed by atoms with E-state index in [2.05, 4.69) is 33.5 Å². The first-order valence-electron chi connectivity index (χ1n) is 13.9. The van der Waals surface area contributed by atoms with Gasteiger partial charge in [-0.15, -0.1) is 0 Å². The third-order valence-corrected chi connectivity index (χ3v) is 8.92. The number of ether oxygens (including phenoxy) is 2. The number of nitrogens with zero attached hydrogens (tertiary/aromatic N) is 4. The smallest absolute Gasteiger partial charge is 0.335 e. The Hall–Kier alpha value is -3.46. The summed E-state index contributed by atoms with van der Waals surface area (Å²) in [4.78, 5) is 23.7. The van der Waals surface area contributed by atoms with Crippen LogP contribution in [0.1, 0.15) is 63.9 Å². The van der Waals surface area contributed by atoms with E-state index in [1.165, 1.54) is 16.7 Å². The standard InChI is InChI=1S/C31H31ClN4O4/c1-18-30-19(3-7-28-24(30)12-21(17-40-28)25-6-4-22(32)14-33-25)8-10-35(18)16-29-34-26-5-2-20(31(37)38)13-27(26)36(29)15-23-9-11-39-23/h2-7,13-14,18,21,23H,8-12,15-17H2,1H3,(H,37,38)/t18?,21-,23+/m1/s1. The van der Waals surface area contributed by atoms with Crippen LogP contribution in [0, 0.1) is 0 Å². The number of hydrogen-bond donors (Lipinski definition) is 1. The van der Waals surface area contributed by atoms with Crippen LogP contribution in [-0.4, -0.2) is 56.4 Å². The Morgan fingerprint density at radius 1 is 1.20 bits per heavy atom. The maximum absolute atomic E-state index is 11.7. The van der Waals surface area contributed by atoms with Gasteiger partial charge in [0.05, 0.1) is 47.4 Å². The van der Waals surface area contributed by atoms with Crippen molar-refractivity contribution in [3.05, 3.63) is 87.5 Å². The number of fused-ring (bicyclic) bond motifs is 4. The van der Waals surface area contributed by atoms with Crippen LogP contribution < -0.4 is 4.74 Å². The summed E-state index contributed by atoms with van der Waals surface area (Å²) in [6.07, 6.45) is 4.66. The Balaban J connectivity index is 1.21. The van der Waals surface area contributed by atoms with Crippen molar-refractivity contribution in [2.45, 2.75) is 57.3 Å². The Labute approximate surface area is 237 Å². The van der Waals surface area contributed by atoms with Gasteiger partial charge in [-0.2, -0.15) is 0 Å². The van der Waals surface area contributed by atoms with Gasteiger partial charge in [-0.25, -0.2) is 9.78 Å². The molecule has 0 aliphatic carbocycles. The lowest BCUT2D eigenvalue weighted by molar-refractivity contribution is -0.0592. The number of carboxylic acids is 1. The van der Waals surface area contributed by atoms with E-state index >= 15 is 0 Å². The predicted molar refractivity (Wildman–Crippen MR) is 151 cm³/mol. The molecule has 1 unspecified atom stereocenters. The Kier molecular flexibility index (Phi) is 6.49. The Morgan fingerprint density at radius 3 is 2.83 bits per heavy atom. The monoisotopic (exact) mass is 558 g/mol. The zero-order valence-electron chi connectivity index (χ0n) is 22.3. The summed E-state index contributed by atoms with van der Waals surface area (Å²) in [6, 6.07) is 13.6. The van der Waals surface area contributed by atoms with Gasteiger partial charge in [-0.1, -0.05) is 17.7 Å². The quantitative estimate of drug-likeness (QED) is 0.338. The van der Waals surface area contributed by atoms with Crippen molar-refractivity contribution >= 4 is 28.6 Å². The van der Waals surface area contributed by atoms with Gasteiger partial charge in [-0.3, -0.25) is 9.88 Å². The van der Waals surface area contributed by atoms with Crippen molar-refractivity contribution in [2.75, 3.05) is 19.8 Å². The molecule has 40 heavy (non-hydrogen) atoms. The fourth-order valence-corrected chi connectivity index (χ4v) is 6.50. The minimum atomic E-state index is -0.934. The van der Waals surface area contributed by atoms with Crippen molar-refractivity contribution in [3.63, 3.8) is 0 Å². The second-order valence-corrected chi connectivity index (χ2v) is 11.5. The zero-order chi connectivity index (χ0) is 27.4. The highest BCUT2D eigenvalue weighted by atomic mass is 35.5. The number of halogens is 1. The topological polar surface area (TPSA) is 89.7 Å². The number of aromatic nitrogens is 3. The first-order valence-corrected chi connectivity index (χ1v) is 14.3. The molecule has 4 aromatic rings. The molecule has 1 N–H and O–H groups in total. The molecule has 7 rings (SSSR count). The van der Waals surface area contributed by atoms with Crippen molar-refractivity contribution in [3.8, 4) is 5.75 Å². The molecule has 3 aliphatic rings. The van der Waals surface area contributed by atoms with Gasteiger partial charge in [0.15, 0.2) is 0 Å². The maximum atomic E-state index is 11.7. The molecule has 1 fully saturated rings. The molecule has 3 aliphatic heterocycles. The molecule has 8 nitrogen and oxygen atoms in total. The molecule has 0 bridgehead atoms. The van der Waals surface area contributed by atoms with Gasteiger partial charge in [0.2, 0.25) is 0 Å². The molecular weight excluding hydrogens is 528 g/mol. The predicted octanol–water partition coefficient (Wildman–Crippen LogP) is 5.41. The second kappa shape index (κ2) is 10.2. The highest BCUT2D eigenvalue weighted by Crippen LogP contribution is 2.42. The lowest BCUT2D eigenvalue weighted by Gasteiger charge is -2.39. The van der Waals surface area contributed by atoms with Crippen LogP contribution in [0.3, 0.4) is 0 Å². The van der Waals surface area contributed by atoms with E-state index in [1.54, 1.807) is 18.3 Å². The molecule has 2 aromatic heterocycles. The van der Waals surface area contributed by atoms with Crippen LogP contribution in [0.2, 0.25) is 5.02 Å². The summed E-state index contributed by atoms with van der Waals surface area (Å²) in [7, 11) is 0. The number of hydrogen-bond acceptors (Lipinski definition) is 6. The molecule has 2 aromatic carbocycles. The van der Waals surface area contributed by atoms with Gasteiger partial charge in [0, 0.05) is 37.0 Å². The molecule has 0 radical (unpaired) electrons. The molecule has 206 valence electrons. The van der Waals surface area contributed by atoms with Crippen LogP contribution in [-0.2, 0) is 30.7 Å². The number of aromatic carboxylic acids is 1. The van der Waals surface area contributed by atoms with E-state index in [-0.39, 0.29) is 23.6 Å². The largest absolute Gasteiger partial charge is 0.493 e. The van der Waals surface area contributed by atoms with Gasteiger partial charge in [0.25, 0.3) is 0 Å².